The zero-order valence-corrected chi connectivity index (χ0v) is 15.2. The Hall–Kier alpha value is -1.30. The van der Waals surface area contributed by atoms with Crippen LogP contribution in [0.5, 0.6) is 5.75 Å². The molecule has 3 nitrogen and oxygen atoms in total. The van der Waals surface area contributed by atoms with Gasteiger partial charge in [-0.1, -0.05) is 45.7 Å². The molecule has 0 aliphatic heterocycles. The van der Waals surface area contributed by atoms with Crippen LogP contribution in [-0.4, -0.2) is 18.8 Å². The highest BCUT2D eigenvalue weighted by molar-refractivity contribution is 9.10. The maximum Gasteiger partial charge on any atom is 0.170 e. The van der Waals surface area contributed by atoms with Gasteiger partial charge in [0.2, 0.25) is 0 Å². The quantitative estimate of drug-likeness (QED) is 0.718. The number of thiocarbonyl (C=S) groups is 1. The Morgan fingerprint density at radius 3 is 2.77 bits per heavy atom. The summed E-state index contributed by atoms with van der Waals surface area (Å²) in [4.78, 5) is 0. The van der Waals surface area contributed by atoms with Crippen molar-refractivity contribution in [3.05, 3.63) is 57.5 Å². The monoisotopic (exact) mass is 398 g/mol. The van der Waals surface area contributed by atoms with E-state index in [4.69, 9.17) is 28.6 Å². The van der Waals surface area contributed by atoms with Gasteiger partial charge in [0, 0.05) is 11.0 Å². The van der Waals surface area contributed by atoms with E-state index in [2.05, 4.69) is 26.6 Å². The first-order valence-electron chi connectivity index (χ1n) is 6.72. The summed E-state index contributed by atoms with van der Waals surface area (Å²) < 4.78 is 6.26. The Morgan fingerprint density at radius 1 is 1.27 bits per heavy atom. The van der Waals surface area contributed by atoms with Crippen molar-refractivity contribution in [3.63, 3.8) is 0 Å². The molecule has 0 spiro atoms. The number of para-hydroxylation sites is 1. The van der Waals surface area contributed by atoms with E-state index in [0.29, 0.717) is 16.7 Å². The van der Waals surface area contributed by atoms with Gasteiger partial charge in [-0.05, 0) is 48.5 Å². The lowest BCUT2D eigenvalue weighted by molar-refractivity contribution is 0.409. The van der Waals surface area contributed by atoms with E-state index >= 15 is 0 Å². The van der Waals surface area contributed by atoms with E-state index in [1.165, 1.54) is 0 Å². The van der Waals surface area contributed by atoms with Gasteiger partial charge in [0.1, 0.15) is 5.75 Å². The number of halogens is 2. The van der Waals surface area contributed by atoms with Gasteiger partial charge in [-0.15, -0.1) is 0 Å². The van der Waals surface area contributed by atoms with Crippen molar-refractivity contribution in [1.29, 1.82) is 0 Å². The van der Waals surface area contributed by atoms with Crippen LogP contribution in [0, 0.1) is 0 Å². The molecule has 116 valence electrons. The van der Waals surface area contributed by atoms with Gasteiger partial charge in [-0.3, -0.25) is 0 Å². The third-order valence-corrected chi connectivity index (χ3v) is 4.10. The third-order valence-electron chi connectivity index (χ3n) is 3.05. The average molecular weight is 400 g/mol. The Morgan fingerprint density at radius 2 is 2.05 bits per heavy atom. The number of methoxy groups -OCH3 is 1. The number of hydrogen-bond acceptors (Lipinski definition) is 2. The molecule has 0 aliphatic rings. The van der Waals surface area contributed by atoms with Crippen LogP contribution in [0.25, 0.3) is 0 Å². The largest absolute Gasteiger partial charge is 0.496 e. The Labute approximate surface area is 149 Å². The molecule has 0 aromatic heterocycles. The van der Waals surface area contributed by atoms with Gasteiger partial charge in [-0.25, -0.2) is 0 Å². The predicted molar refractivity (Wildman–Crippen MR) is 100 cm³/mol. The molecule has 6 heteroatoms. The van der Waals surface area contributed by atoms with Gasteiger partial charge >= 0.3 is 0 Å². The van der Waals surface area contributed by atoms with Crippen LogP contribution in [0.4, 0.5) is 5.69 Å². The van der Waals surface area contributed by atoms with Crippen LogP contribution in [0.2, 0.25) is 5.02 Å². The minimum atomic E-state index is 0.541. The van der Waals surface area contributed by atoms with Gasteiger partial charge < -0.3 is 15.4 Å². The Kier molecular flexibility index (Phi) is 6.49. The number of benzene rings is 2. The number of hydrogen-bond donors (Lipinski definition) is 2. The van der Waals surface area contributed by atoms with Crippen molar-refractivity contribution in [2.24, 2.45) is 0 Å². The van der Waals surface area contributed by atoms with Crippen molar-refractivity contribution in [2.45, 2.75) is 6.42 Å². The minimum Gasteiger partial charge on any atom is -0.496 e. The SMILES string of the molecule is COc1ccccc1CCNC(=S)Nc1ccc(Br)cc1Cl. The summed E-state index contributed by atoms with van der Waals surface area (Å²) in [7, 11) is 1.67. The molecule has 0 heterocycles. The predicted octanol–water partition coefficient (Wildman–Crippen LogP) is 4.64. The number of nitrogens with one attached hydrogen (secondary N) is 2. The van der Waals surface area contributed by atoms with Gasteiger partial charge in [0.25, 0.3) is 0 Å². The maximum atomic E-state index is 6.15. The molecule has 0 saturated heterocycles. The molecule has 2 N–H and O–H groups in total. The van der Waals surface area contributed by atoms with E-state index < -0.39 is 0 Å². The fourth-order valence-electron chi connectivity index (χ4n) is 1.98. The van der Waals surface area contributed by atoms with Crippen molar-refractivity contribution >= 4 is 50.5 Å². The highest BCUT2D eigenvalue weighted by Crippen LogP contribution is 2.25. The summed E-state index contributed by atoms with van der Waals surface area (Å²) in [5.41, 5.74) is 1.92. The highest BCUT2D eigenvalue weighted by Gasteiger charge is 2.04. The summed E-state index contributed by atoms with van der Waals surface area (Å²) >= 11 is 14.8. The zero-order valence-electron chi connectivity index (χ0n) is 12.0. The van der Waals surface area contributed by atoms with E-state index in [-0.39, 0.29) is 0 Å². The fraction of sp³-hybridized carbons (Fsp3) is 0.188. The Bertz CT molecular complexity index is 666. The van der Waals surface area contributed by atoms with Crippen molar-refractivity contribution in [3.8, 4) is 5.75 Å². The molecule has 0 bridgehead atoms. The molecule has 0 fully saturated rings. The van der Waals surface area contributed by atoms with Crippen LogP contribution >= 0.6 is 39.7 Å². The summed E-state index contributed by atoms with van der Waals surface area (Å²) in [6.45, 7) is 0.709. The molecule has 2 aromatic rings. The molecule has 22 heavy (non-hydrogen) atoms. The Balaban J connectivity index is 1.85. The van der Waals surface area contributed by atoms with Crippen LogP contribution < -0.4 is 15.4 Å². The number of ether oxygens (including phenoxy) is 1. The lowest BCUT2D eigenvalue weighted by atomic mass is 10.1. The van der Waals surface area contributed by atoms with Gasteiger partial charge in [0.05, 0.1) is 17.8 Å². The minimum absolute atomic E-state index is 0.541. The highest BCUT2D eigenvalue weighted by atomic mass is 79.9. The van der Waals surface area contributed by atoms with Crippen LogP contribution in [0.3, 0.4) is 0 Å². The van der Waals surface area contributed by atoms with Crippen LogP contribution in [0.15, 0.2) is 46.9 Å². The van der Waals surface area contributed by atoms with Gasteiger partial charge in [-0.2, -0.15) is 0 Å². The van der Waals surface area contributed by atoms with E-state index in [1.807, 2.05) is 42.5 Å². The summed E-state index contributed by atoms with van der Waals surface area (Å²) in [5, 5.41) is 7.41. The molecule has 0 atom stereocenters. The average Bonchev–Trinajstić information content (AvgIpc) is 2.50. The topological polar surface area (TPSA) is 33.3 Å². The molecule has 0 amide bonds. The van der Waals surface area contributed by atoms with Crippen LogP contribution in [0.1, 0.15) is 5.56 Å². The molecule has 0 saturated carbocycles. The molecule has 0 radical (unpaired) electrons. The second kappa shape index (κ2) is 8.36. The smallest absolute Gasteiger partial charge is 0.170 e. The second-order valence-corrected chi connectivity index (χ2v) is 6.30. The zero-order chi connectivity index (χ0) is 15.9. The summed E-state index contributed by atoms with van der Waals surface area (Å²) in [6, 6.07) is 13.6. The molecule has 2 aromatic carbocycles. The lowest BCUT2D eigenvalue weighted by Crippen LogP contribution is -2.30. The molecule has 2 rings (SSSR count). The fourth-order valence-corrected chi connectivity index (χ4v) is 2.91. The third kappa shape index (κ3) is 4.87. The first-order chi connectivity index (χ1) is 10.6. The lowest BCUT2D eigenvalue weighted by Gasteiger charge is -2.13. The molecule has 0 unspecified atom stereocenters. The normalized spacial score (nSPS) is 10.1. The second-order valence-electron chi connectivity index (χ2n) is 4.57. The van der Waals surface area contributed by atoms with Crippen LogP contribution in [-0.2, 0) is 6.42 Å². The van der Waals surface area contributed by atoms with E-state index in [9.17, 15) is 0 Å². The number of anilines is 1. The van der Waals surface area contributed by atoms with Gasteiger partial charge in [0.15, 0.2) is 5.11 Å². The van der Waals surface area contributed by atoms with E-state index in [1.54, 1.807) is 7.11 Å². The molecular formula is C16H16BrClN2OS. The molecule has 0 aliphatic carbocycles. The number of rotatable bonds is 5. The first kappa shape index (κ1) is 17.1. The summed E-state index contributed by atoms with van der Waals surface area (Å²) in [6.07, 6.45) is 0.819. The first-order valence-corrected chi connectivity index (χ1v) is 8.30. The van der Waals surface area contributed by atoms with Crippen molar-refractivity contribution < 1.29 is 4.74 Å². The van der Waals surface area contributed by atoms with Crippen molar-refractivity contribution in [1.82, 2.24) is 5.32 Å². The maximum absolute atomic E-state index is 6.15. The van der Waals surface area contributed by atoms with Crippen molar-refractivity contribution in [2.75, 3.05) is 19.0 Å². The standard InChI is InChI=1S/C16H16BrClN2OS/c1-21-15-5-3-2-4-11(15)8-9-19-16(22)20-14-7-6-12(17)10-13(14)18/h2-7,10H,8-9H2,1H3,(H2,19,20,22). The van der Waals surface area contributed by atoms with E-state index in [0.717, 1.165) is 27.9 Å². The molecular weight excluding hydrogens is 384 g/mol. The summed E-state index contributed by atoms with van der Waals surface area (Å²) in [5.74, 6) is 0.888.